The first-order valence-corrected chi connectivity index (χ1v) is 12.8. The van der Waals surface area contributed by atoms with Crippen LogP contribution in [0.3, 0.4) is 0 Å². The molecule has 4 unspecified atom stereocenters. The van der Waals surface area contributed by atoms with Crippen LogP contribution in [0.5, 0.6) is 0 Å². The van der Waals surface area contributed by atoms with E-state index in [-0.39, 0.29) is 22.9 Å². The van der Waals surface area contributed by atoms with Gasteiger partial charge in [0.05, 0.1) is 17.8 Å². The lowest BCUT2D eigenvalue weighted by atomic mass is 9.46. The summed E-state index contributed by atoms with van der Waals surface area (Å²) in [6.07, 6.45) is 12.1. The predicted molar refractivity (Wildman–Crippen MR) is 122 cm³/mol. The van der Waals surface area contributed by atoms with Gasteiger partial charge in [0.1, 0.15) is 0 Å². The summed E-state index contributed by atoms with van der Waals surface area (Å²) in [5.41, 5.74) is 0.914. The Balaban J connectivity index is 1.55. The molecule has 0 aromatic heterocycles. The van der Waals surface area contributed by atoms with Crippen molar-refractivity contribution in [1.82, 2.24) is 0 Å². The molecule has 0 aromatic carbocycles. The standard InChI is InChI=1S/C27H46O3/c1-17(2)6-11-24(29)27(5,30)23-10-9-21-20-8-7-18-16-19(28)12-14-25(18,3)22(20)13-15-26(21,23)4/h7,17,19-24,28-30H,6,8-16H2,1-5H3/t19-,20-,21?,22?,23?,24+,25-,26-,27?/m0/s1. The van der Waals surface area contributed by atoms with Gasteiger partial charge < -0.3 is 15.3 Å². The first-order valence-electron chi connectivity index (χ1n) is 12.8. The first kappa shape index (κ1) is 22.8. The van der Waals surface area contributed by atoms with E-state index >= 15 is 0 Å². The quantitative estimate of drug-likeness (QED) is 0.519. The minimum Gasteiger partial charge on any atom is -0.393 e. The van der Waals surface area contributed by atoms with Gasteiger partial charge in [-0.15, -0.1) is 0 Å². The lowest BCUT2D eigenvalue weighted by molar-refractivity contribution is -0.151. The van der Waals surface area contributed by atoms with E-state index in [9.17, 15) is 15.3 Å². The third kappa shape index (κ3) is 3.52. The summed E-state index contributed by atoms with van der Waals surface area (Å²) in [5.74, 6) is 2.80. The van der Waals surface area contributed by atoms with Gasteiger partial charge in [0.25, 0.3) is 0 Å². The third-order valence-corrected chi connectivity index (χ3v) is 10.5. The molecule has 0 radical (unpaired) electrons. The van der Waals surface area contributed by atoms with Gasteiger partial charge in [-0.2, -0.15) is 0 Å². The molecular formula is C27H46O3. The molecular weight excluding hydrogens is 372 g/mol. The van der Waals surface area contributed by atoms with Crippen LogP contribution in [-0.4, -0.2) is 33.1 Å². The fraction of sp³-hybridized carbons (Fsp3) is 0.926. The molecule has 4 aliphatic rings. The van der Waals surface area contributed by atoms with Gasteiger partial charge in [0.2, 0.25) is 0 Å². The van der Waals surface area contributed by atoms with E-state index in [1.807, 2.05) is 6.92 Å². The van der Waals surface area contributed by atoms with Gasteiger partial charge >= 0.3 is 0 Å². The van der Waals surface area contributed by atoms with Crippen LogP contribution in [0.4, 0.5) is 0 Å². The van der Waals surface area contributed by atoms with Crippen molar-refractivity contribution < 1.29 is 15.3 Å². The monoisotopic (exact) mass is 418 g/mol. The Hall–Kier alpha value is -0.380. The highest BCUT2D eigenvalue weighted by Crippen LogP contribution is 2.67. The van der Waals surface area contributed by atoms with Crippen molar-refractivity contribution in [1.29, 1.82) is 0 Å². The highest BCUT2D eigenvalue weighted by Gasteiger charge is 2.62. The molecule has 0 heterocycles. The minimum atomic E-state index is -1.00. The van der Waals surface area contributed by atoms with Crippen LogP contribution in [-0.2, 0) is 0 Å². The molecule has 0 bridgehead atoms. The largest absolute Gasteiger partial charge is 0.393 e. The second kappa shape index (κ2) is 7.89. The zero-order valence-electron chi connectivity index (χ0n) is 20.0. The molecule has 4 aliphatic carbocycles. The summed E-state index contributed by atoms with van der Waals surface area (Å²) in [5, 5.41) is 32.7. The van der Waals surface area contributed by atoms with E-state index in [0.29, 0.717) is 24.2 Å². The molecule has 3 nitrogen and oxygen atoms in total. The van der Waals surface area contributed by atoms with E-state index in [2.05, 4.69) is 33.8 Å². The average molecular weight is 419 g/mol. The molecule has 3 heteroatoms. The number of hydrogen-bond donors (Lipinski definition) is 3. The Bertz CT molecular complexity index is 667. The van der Waals surface area contributed by atoms with Crippen LogP contribution in [0, 0.1) is 40.4 Å². The number of aliphatic hydroxyl groups is 3. The first-order chi connectivity index (χ1) is 14.0. The second-order valence-electron chi connectivity index (χ2n) is 12.5. The van der Waals surface area contributed by atoms with E-state index in [1.54, 1.807) is 0 Å². The molecule has 0 aliphatic heterocycles. The molecule has 0 spiro atoms. The van der Waals surface area contributed by atoms with Crippen molar-refractivity contribution in [3.63, 3.8) is 0 Å². The zero-order chi connectivity index (χ0) is 21.9. The topological polar surface area (TPSA) is 60.7 Å². The Kier molecular flexibility index (Phi) is 5.99. The number of aliphatic hydroxyl groups excluding tert-OH is 2. The van der Waals surface area contributed by atoms with Gasteiger partial charge in [-0.05, 0) is 112 Å². The van der Waals surface area contributed by atoms with Crippen LogP contribution in [0.25, 0.3) is 0 Å². The van der Waals surface area contributed by atoms with Crippen molar-refractivity contribution in [2.24, 2.45) is 40.4 Å². The highest BCUT2D eigenvalue weighted by atomic mass is 16.3. The van der Waals surface area contributed by atoms with E-state index < -0.39 is 11.7 Å². The summed E-state index contributed by atoms with van der Waals surface area (Å²) in [4.78, 5) is 0. The average Bonchev–Trinajstić information content (AvgIpc) is 3.04. The number of hydrogen-bond acceptors (Lipinski definition) is 3. The second-order valence-corrected chi connectivity index (χ2v) is 12.5. The minimum absolute atomic E-state index is 0.124. The third-order valence-electron chi connectivity index (χ3n) is 10.5. The molecule has 9 atom stereocenters. The Morgan fingerprint density at radius 1 is 1.07 bits per heavy atom. The predicted octanol–water partition coefficient (Wildman–Crippen LogP) is 5.47. The van der Waals surface area contributed by atoms with Crippen LogP contribution in [0.1, 0.15) is 98.8 Å². The normalized spacial score (nSPS) is 46.4. The molecule has 3 saturated carbocycles. The smallest absolute Gasteiger partial charge is 0.0910 e. The Morgan fingerprint density at radius 3 is 2.50 bits per heavy atom. The van der Waals surface area contributed by atoms with E-state index in [0.717, 1.165) is 44.4 Å². The number of fused-ring (bicyclic) bond motifs is 5. The van der Waals surface area contributed by atoms with E-state index in [4.69, 9.17) is 0 Å². The zero-order valence-corrected chi connectivity index (χ0v) is 20.0. The summed E-state index contributed by atoms with van der Waals surface area (Å²) in [6.45, 7) is 11.2. The van der Waals surface area contributed by atoms with Crippen molar-refractivity contribution in [3.8, 4) is 0 Å². The van der Waals surface area contributed by atoms with Crippen LogP contribution in [0.2, 0.25) is 0 Å². The fourth-order valence-corrected chi connectivity index (χ4v) is 8.62. The molecule has 0 aromatic rings. The maximum Gasteiger partial charge on any atom is 0.0910 e. The van der Waals surface area contributed by atoms with E-state index in [1.165, 1.54) is 24.8 Å². The van der Waals surface area contributed by atoms with Gasteiger partial charge in [-0.25, -0.2) is 0 Å². The molecule has 0 saturated heterocycles. The molecule has 30 heavy (non-hydrogen) atoms. The van der Waals surface area contributed by atoms with Crippen molar-refractivity contribution >= 4 is 0 Å². The number of allylic oxidation sites excluding steroid dienone is 1. The summed E-state index contributed by atoms with van der Waals surface area (Å²) < 4.78 is 0. The van der Waals surface area contributed by atoms with Crippen LogP contribution in [0.15, 0.2) is 11.6 Å². The van der Waals surface area contributed by atoms with Gasteiger partial charge in [0.15, 0.2) is 0 Å². The van der Waals surface area contributed by atoms with Gasteiger partial charge in [0, 0.05) is 0 Å². The Labute approximate surface area is 184 Å². The highest BCUT2D eigenvalue weighted by molar-refractivity contribution is 5.25. The molecule has 3 N–H and O–H groups in total. The summed E-state index contributed by atoms with van der Waals surface area (Å²) >= 11 is 0. The SMILES string of the molecule is CC(C)CC[C@@H](O)C(C)(O)C1CCC2[C@@H]3CC=C4C[C@@H](O)CC[C@]4(C)C3CC[C@@]21C. The van der Waals surface area contributed by atoms with Crippen LogP contribution < -0.4 is 0 Å². The van der Waals surface area contributed by atoms with Crippen molar-refractivity contribution in [3.05, 3.63) is 11.6 Å². The maximum atomic E-state index is 11.6. The van der Waals surface area contributed by atoms with Gasteiger partial charge in [-0.1, -0.05) is 39.3 Å². The molecule has 3 fully saturated rings. The fourth-order valence-electron chi connectivity index (χ4n) is 8.62. The number of rotatable bonds is 5. The van der Waals surface area contributed by atoms with Crippen molar-refractivity contribution in [2.75, 3.05) is 0 Å². The molecule has 0 amide bonds. The summed E-state index contributed by atoms with van der Waals surface area (Å²) in [6, 6.07) is 0. The van der Waals surface area contributed by atoms with Gasteiger partial charge in [-0.3, -0.25) is 0 Å². The van der Waals surface area contributed by atoms with Crippen LogP contribution >= 0.6 is 0 Å². The summed E-state index contributed by atoms with van der Waals surface area (Å²) in [7, 11) is 0. The maximum absolute atomic E-state index is 11.6. The lowest BCUT2D eigenvalue weighted by Gasteiger charge is -2.59. The molecule has 4 rings (SSSR count). The van der Waals surface area contributed by atoms with Crippen molar-refractivity contribution in [2.45, 2.75) is 117 Å². The Morgan fingerprint density at radius 2 is 1.80 bits per heavy atom. The lowest BCUT2D eigenvalue weighted by Crippen LogP contribution is -2.55. The molecule has 172 valence electrons.